The zero-order valence-electron chi connectivity index (χ0n) is 22.5. The van der Waals surface area contributed by atoms with E-state index in [4.69, 9.17) is 16.6 Å². The summed E-state index contributed by atoms with van der Waals surface area (Å²) in [6.45, 7) is 7.23. The summed E-state index contributed by atoms with van der Waals surface area (Å²) in [5.74, 6) is 0.542. The molecule has 1 aliphatic heterocycles. The Morgan fingerprint density at radius 3 is 2.62 bits per heavy atom. The van der Waals surface area contributed by atoms with Crippen molar-refractivity contribution in [2.24, 2.45) is 0 Å². The van der Waals surface area contributed by atoms with Crippen LogP contribution < -0.4 is 15.8 Å². The van der Waals surface area contributed by atoms with Crippen molar-refractivity contribution in [2.75, 3.05) is 56.1 Å². The van der Waals surface area contributed by atoms with E-state index in [2.05, 4.69) is 50.2 Å². The van der Waals surface area contributed by atoms with Crippen molar-refractivity contribution in [1.29, 1.82) is 0 Å². The van der Waals surface area contributed by atoms with Crippen LogP contribution in [-0.2, 0) is 6.42 Å². The summed E-state index contributed by atoms with van der Waals surface area (Å²) in [5, 5.41) is 14.5. The summed E-state index contributed by atoms with van der Waals surface area (Å²) in [6.07, 6.45) is 0.759. The largest absolute Gasteiger partial charge is 0.395 e. The average molecular weight is 557 g/mol. The molecule has 0 spiro atoms. The van der Waals surface area contributed by atoms with Crippen LogP contribution >= 0.6 is 11.6 Å². The van der Waals surface area contributed by atoms with Gasteiger partial charge in [0.15, 0.2) is 0 Å². The molecule has 8 nitrogen and oxygen atoms in total. The smallest absolute Gasteiger partial charge is 0.261 e. The minimum atomic E-state index is -0.194. The maximum absolute atomic E-state index is 13.5. The number of aromatic amines is 2. The molecule has 1 saturated heterocycles. The van der Waals surface area contributed by atoms with E-state index in [1.807, 2.05) is 42.5 Å². The Morgan fingerprint density at radius 1 is 1.00 bits per heavy atom. The fourth-order valence-corrected chi connectivity index (χ4v) is 5.83. The molecule has 0 aliphatic carbocycles. The van der Waals surface area contributed by atoms with Gasteiger partial charge >= 0.3 is 0 Å². The molecule has 1 fully saturated rings. The highest BCUT2D eigenvalue weighted by Gasteiger charge is 2.21. The number of hydrogen-bond acceptors (Lipinski definition) is 6. The molecule has 2 aromatic heterocycles. The minimum Gasteiger partial charge on any atom is -0.395 e. The number of aryl methyl sites for hydroxylation is 1. The molecule has 6 rings (SSSR count). The molecular weight excluding hydrogens is 524 g/mol. The van der Waals surface area contributed by atoms with E-state index in [0.29, 0.717) is 29.5 Å². The molecule has 0 saturated carbocycles. The van der Waals surface area contributed by atoms with Crippen LogP contribution in [0.25, 0.3) is 33.3 Å². The third-order valence-electron chi connectivity index (χ3n) is 7.68. The van der Waals surface area contributed by atoms with E-state index < -0.39 is 0 Å². The topological polar surface area (TPSA) is 100 Å². The average Bonchev–Trinajstić information content (AvgIpc) is 3.38. The molecular formula is C31H33ClN6O2. The number of aliphatic hydroxyl groups excluding tert-OH is 1. The summed E-state index contributed by atoms with van der Waals surface area (Å²) in [5.41, 5.74) is 6.92. The van der Waals surface area contributed by atoms with Crippen molar-refractivity contribution < 1.29 is 5.11 Å². The molecule has 206 valence electrons. The van der Waals surface area contributed by atoms with Gasteiger partial charge in [0, 0.05) is 55.4 Å². The van der Waals surface area contributed by atoms with Gasteiger partial charge in [-0.3, -0.25) is 9.69 Å². The van der Waals surface area contributed by atoms with Gasteiger partial charge in [0.2, 0.25) is 0 Å². The van der Waals surface area contributed by atoms with Crippen LogP contribution in [0, 0.1) is 6.92 Å². The van der Waals surface area contributed by atoms with E-state index in [9.17, 15) is 9.90 Å². The maximum Gasteiger partial charge on any atom is 0.261 e. The predicted molar refractivity (Wildman–Crippen MR) is 164 cm³/mol. The number of aromatic nitrogens is 3. The SMILES string of the molecule is Cc1cc(N2CCN(CCO)CC2)cc2[nH]c(-c3c(NCCc4cccc(Cl)c4)c4ccccc4[nH]c3=O)nc12. The van der Waals surface area contributed by atoms with Gasteiger partial charge in [-0.05, 0) is 54.8 Å². The van der Waals surface area contributed by atoms with Crippen LogP contribution in [0.1, 0.15) is 11.1 Å². The number of para-hydroxylation sites is 1. The number of β-amino-alcohol motifs (C(OH)–C–C–N with tert-alkyl or cyclic N) is 1. The Kier molecular flexibility index (Phi) is 7.47. The normalized spacial score (nSPS) is 14.3. The minimum absolute atomic E-state index is 0.188. The quantitative estimate of drug-likeness (QED) is 0.219. The number of hydrogen-bond donors (Lipinski definition) is 4. The predicted octanol–water partition coefficient (Wildman–Crippen LogP) is 4.80. The molecule has 9 heteroatoms. The second-order valence-electron chi connectivity index (χ2n) is 10.4. The monoisotopic (exact) mass is 556 g/mol. The van der Waals surface area contributed by atoms with Crippen molar-refractivity contribution >= 4 is 44.9 Å². The first-order chi connectivity index (χ1) is 19.5. The van der Waals surface area contributed by atoms with Crippen molar-refractivity contribution in [2.45, 2.75) is 13.3 Å². The lowest BCUT2D eigenvalue weighted by atomic mass is 10.1. The number of pyridine rings is 1. The molecule has 0 atom stereocenters. The number of anilines is 2. The van der Waals surface area contributed by atoms with Crippen LogP contribution in [0.4, 0.5) is 11.4 Å². The number of nitrogens with one attached hydrogen (secondary N) is 3. The number of nitrogens with zero attached hydrogens (tertiary/aromatic N) is 3. The number of imidazole rings is 1. The van der Waals surface area contributed by atoms with E-state index in [0.717, 1.165) is 77.0 Å². The van der Waals surface area contributed by atoms with Gasteiger partial charge in [0.25, 0.3) is 5.56 Å². The van der Waals surface area contributed by atoms with Gasteiger partial charge in [0.05, 0.1) is 28.8 Å². The molecule has 0 bridgehead atoms. The first kappa shape index (κ1) is 26.4. The number of fused-ring (bicyclic) bond motifs is 2. The molecule has 4 N–H and O–H groups in total. The summed E-state index contributed by atoms with van der Waals surface area (Å²) < 4.78 is 0. The van der Waals surface area contributed by atoms with E-state index >= 15 is 0 Å². The van der Waals surface area contributed by atoms with Crippen molar-refractivity contribution in [3.8, 4) is 11.4 Å². The fraction of sp³-hybridized carbons (Fsp3) is 0.290. The number of halogens is 1. The molecule has 0 radical (unpaired) electrons. The fourth-order valence-electron chi connectivity index (χ4n) is 5.62. The van der Waals surface area contributed by atoms with Crippen LogP contribution in [0.15, 0.2) is 65.5 Å². The molecule has 1 aliphatic rings. The van der Waals surface area contributed by atoms with Crippen LogP contribution in [0.5, 0.6) is 0 Å². The second-order valence-corrected chi connectivity index (χ2v) is 10.8. The zero-order chi connectivity index (χ0) is 27.6. The van der Waals surface area contributed by atoms with Crippen molar-refractivity contribution in [1.82, 2.24) is 19.9 Å². The van der Waals surface area contributed by atoms with Gasteiger partial charge < -0.3 is 25.3 Å². The first-order valence-corrected chi connectivity index (χ1v) is 14.1. The molecule has 0 amide bonds. The lowest BCUT2D eigenvalue weighted by Gasteiger charge is -2.35. The summed E-state index contributed by atoms with van der Waals surface area (Å²) in [7, 11) is 0. The Hall–Kier alpha value is -3.85. The number of rotatable bonds is 8. The molecule has 0 unspecified atom stereocenters. The molecule has 40 heavy (non-hydrogen) atoms. The molecule has 3 aromatic carbocycles. The molecule has 5 aromatic rings. The highest BCUT2D eigenvalue weighted by molar-refractivity contribution is 6.30. The summed E-state index contributed by atoms with van der Waals surface area (Å²) in [6, 6.07) is 20.0. The summed E-state index contributed by atoms with van der Waals surface area (Å²) >= 11 is 6.18. The third kappa shape index (κ3) is 5.30. The van der Waals surface area contributed by atoms with Crippen LogP contribution in [-0.4, -0.2) is 70.8 Å². The van der Waals surface area contributed by atoms with E-state index in [1.165, 1.54) is 0 Å². The lowest BCUT2D eigenvalue weighted by Crippen LogP contribution is -2.47. The van der Waals surface area contributed by atoms with Crippen LogP contribution in [0.2, 0.25) is 5.02 Å². The number of piperazine rings is 1. The van der Waals surface area contributed by atoms with Gasteiger partial charge in [-0.2, -0.15) is 0 Å². The Balaban J connectivity index is 1.35. The summed E-state index contributed by atoms with van der Waals surface area (Å²) in [4.78, 5) is 29.6. The van der Waals surface area contributed by atoms with Gasteiger partial charge in [-0.1, -0.05) is 41.9 Å². The Labute approximate surface area is 237 Å². The molecule has 3 heterocycles. The second kappa shape index (κ2) is 11.3. The number of H-pyrrole nitrogens is 2. The Bertz CT molecular complexity index is 1720. The first-order valence-electron chi connectivity index (χ1n) is 13.7. The third-order valence-corrected chi connectivity index (χ3v) is 7.91. The van der Waals surface area contributed by atoms with Crippen LogP contribution in [0.3, 0.4) is 0 Å². The maximum atomic E-state index is 13.5. The van der Waals surface area contributed by atoms with Crippen molar-refractivity contribution in [3.05, 3.63) is 87.2 Å². The van der Waals surface area contributed by atoms with Gasteiger partial charge in [0.1, 0.15) is 11.4 Å². The number of benzene rings is 3. The highest BCUT2D eigenvalue weighted by Crippen LogP contribution is 2.33. The van der Waals surface area contributed by atoms with E-state index in [-0.39, 0.29) is 12.2 Å². The Morgan fingerprint density at radius 2 is 1.82 bits per heavy atom. The lowest BCUT2D eigenvalue weighted by molar-refractivity contribution is 0.189. The zero-order valence-corrected chi connectivity index (χ0v) is 23.3. The van der Waals surface area contributed by atoms with Crippen molar-refractivity contribution in [3.63, 3.8) is 0 Å². The highest BCUT2D eigenvalue weighted by atomic mass is 35.5. The van der Waals surface area contributed by atoms with Gasteiger partial charge in [-0.15, -0.1) is 0 Å². The van der Waals surface area contributed by atoms with E-state index in [1.54, 1.807) is 0 Å². The van der Waals surface area contributed by atoms with Gasteiger partial charge in [-0.25, -0.2) is 4.98 Å². The number of aliphatic hydroxyl groups is 1. The standard InChI is InChI=1S/C31H33ClN6O2/c1-20-17-23(38-13-11-37(12-14-38)15-16-39)19-26-28(20)36-30(34-26)27-29(24-7-2-3-8-25(24)35-31(27)40)33-10-9-21-5-4-6-22(32)18-21/h2-8,17-19,39H,9-16H2,1H3,(H,34,36)(H2,33,35,40).